The lowest BCUT2D eigenvalue weighted by molar-refractivity contribution is -0.121. The van der Waals surface area contributed by atoms with Gasteiger partial charge in [-0.05, 0) is 74.0 Å². The number of carbonyl (C=O) groups is 2. The number of amides is 2. The fourth-order valence-corrected chi connectivity index (χ4v) is 4.99. The molecule has 0 aromatic rings. The molecule has 2 amide bonds. The Morgan fingerprint density at radius 2 is 0.844 bits per heavy atom. The fourth-order valence-electron chi connectivity index (χ4n) is 4.74. The van der Waals surface area contributed by atoms with Gasteiger partial charge in [0.25, 0.3) is 11.8 Å². The van der Waals surface area contributed by atoms with Gasteiger partial charge in [-0.25, -0.2) is 0 Å². The van der Waals surface area contributed by atoms with E-state index in [0.717, 1.165) is 37.5 Å². The standard InChI is InChI=1S/2C12H21Cl2NO/c2*1-12(2,3)8-4-6-9(7-5-8)15-11(16)10(13)14/h2*8-10H,4-7H2,1-3H3,(H,15,16). The molecular weight excluding hydrogens is 490 g/mol. The summed E-state index contributed by atoms with van der Waals surface area (Å²) in [5, 5.41) is 5.77. The van der Waals surface area contributed by atoms with E-state index >= 15 is 0 Å². The van der Waals surface area contributed by atoms with E-state index in [4.69, 9.17) is 46.4 Å². The third-order valence-corrected chi connectivity index (χ3v) is 7.79. The highest BCUT2D eigenvalue weighted by atomic mass is 35.5. The molecule has 0 aliphatic heterocycles. The van der Waals surface area contributed by atoms with E-state index < -0.39 is 9.67 Å². The Morgan fingerprint density at radius 1 is 0.594 bits per heavy atom. The zero-order valence-corrected chi connectivity index (χ0v) is 23.5. The van der Waals surface area contributed by atoms with Crippen LogP contribution in [0.5, 0.6) is 0 Å². The highest BCUT2D eigenvalue weighted by Crippen LogP contribution is 2.38. The molecule has 0 aromatic heterocycles. The molecule has 2 saturated carbocycles. The maximum atomic E-state index is 11.3. The molecule has 0 saturated heterocycles. The lowest BCUT2D eigenvalue weighted by Crippen LogP contribution is -2.41. The average Bonchev–Trinajstić information content (AvgIpc) is 2.67. The van der Waals surface area contributed by atoms with Crippen LogP contribution in [0.4, 0.5) is 0 Å². The lowest BCUT2D eigenvalue weighted by Gasteiger charge is -2.37. The van der Waals surface area contributed by atoms with Crippen molar-refractivity contribution < 1.29 is 9.59 Å². The van der Waals surface area contributed by atoms with Gasteiger partial charge in [-0.1, -0.05) is 87.9 Å². The molecule has 0 heterocycles. The van der Waals surface area contributed by atoms with Crippen LogP contribution in [0, 0.1) is 22.7 Å². The van der Waals surface area contributed by atoms with Crippen LogP contribution < -0.4 is 10.6 Å². The lowest BCUT2D eigenvalue weighted by atomic mass is 9.71. The van der Waals surface area contributed by atoms with E-state index in [1.54, 1.807) is 0 Å². The van der Waals surface area contributed by atoms with Gasteiger partial charge in [0, 0.05) is 12.1 Å². The molecule has 4 nitrogen and oxygen atoms in total. The number of hydrogen-bond acceptors (Lipinski definition) is 2. The van der Waals surface area contributed by atoms with Gasteiger partial charge in [-0.2, -0.15) is 0 Å². The van der Waals surface area contributed by atoms with Crippen molar-refractivity contribution in [1.82, 2.24) is 10.6 Å². The van der Waals surface area contributed by atoms with Crippen molar-refractivity contribution in [2.45, 2.75) is 115 Å². The highest BCUT2D eigenvalue weighted by molar-refractivity contribution is 6.53. The molecule has 32 heavy (non-hydrogen) atoms. The van der Waals surface area contributed by atoms with Gasteiger partial charge < -0.3 is 10.6 Å². The minimum absolute atomic E-state index is 0.256. The van der Waals surface area contributed by atoms with Crippen LogP contribution in [-0.4, -0.2) is 33.6 Å². The summed E-state index contributed by atoms with van der Waals surface area (Å²) in [5.41, 5.74) is 0.743. The Morgan fingerprint density at radius 3 is 1.03 bits per heavy atom. The third kappa shape index (κ3) is 11.0. The average molecular weight is 532 g/mol. The zero-order chi connectivity index (χ0) is 24.7. The van der Waals surface area contributed by atoms with Crippen molar-refractivity contribution in [2.24, 2.45) is 22.7 Å². The Labute approximate surface area is 215 Å². The van der Waals surface area contributed by atoms with Crippen molar-refractivity contribution in [1.29, 1.82) is 0 Å². The van der Waals surface area contributed by atoms with E-state index in [1.807, 2.05) is 0 Å². The first-order valence-electron chi connectivity index (χ1n) is 11.8. The number of nitrogens with one attached hydrogen (secondary N) is 2. The summed E-state index contributed by atoms with van der Waals surface area (Å²) in [4.78, 5) is 20.7. The van der Waals surface area contributed by atoms with Gasteiger partial charge in [0.2, 0.25) is 0 Å². The molecule has 0 aromatic carbocycles. The summed E-state index contributed by atoms with van der Waals surface area (Å²) in [5.74, 6) is 0.983. The Bertz CT molecular complexity index is 532. The largest absolute Gasteiger partial charge is 0.351 e. The third-order valence-electron chi connectivity index (χ3n) is 6.99. The summed E-state index contributed by atoms with van der Waals surface area (Å²) in [6, 6.07) is 0.511. The van der Waals surface area contributed by atoms with Crippen LogP contribution in [-0.2, 0) is 9.59 Å². The van der Waals surface area contributed by atoms with E-state index in [0.29, 0.717) is 10.8 Å². The topological polar surface area (TPSA) is 58.2 Å². The summed E-state index contributed by atoms with van der Waals surface area (Å²) in [7, 11) is 0. The number of hydrogen-bond donors (Lipinski definition) is 2. The molecule has 0 atom stereocenters. The van der Waals surface area contributed by atoms with Crippen LogP contribution in [0.25, 0.3) is 0 Å². The van der Waals surface area contributed by atoms with Crippen molar-refractivity contribution in [2.75, 3.05) is 0 Å². The maximum absolute atomic E-state index is 11.3. The van der Waals surface area contributed by atoms with Gasteiger partial charge in [-0.3, -0.25) is 9.59 Å². The second kappa shape index (κ2) is 13.3. The van der Waals surface area contributed by atoms with E-state index in [9.17, 15) is 9.59 Å². The Hall–Kier alpha value is 0.1000. The first kappa shape index (κ1) is 30.1. The highest BCUT2D eigenvalue weighted by Gasteiger charge is 2.31. The van der Waals surface area contributed by atoms with Gasteiger partial charge in [0.15, 0.2) is 9.67 Å². The molecule has 0 unspecified atom stereocenters. The number of rotatable bonds is 4. The van der Waals surface area contributed by atoms with Crippen molar-refractivity contribution >= 4 is 58.2 Å². The normalized spacial score (nSPS) is 26.9. The second-order valence-electron chi connectivity index (χ2n) is 11.4. The molecule has 2 aliphatic rings. The number of carbonyl (C=O) groups excluding carboxylic acids is 2. The van der Waals surface area contributed by atoms with Crippen LogP contribution in [0.2, 0.25) is 0 Å². The van der Waals surface area contributed by atoms with Crippen LogP contribution >= 0.6 is 46.4 Å². The monoisotopic (exact) mass is 530 g/mol. The van der Waals surface area contributed by atoms with Crippen molar-refractivity contribution in [3.8, 4) is 0 Å². The van der Waals surface area contributed by atoms with E-state index in [2.05, 4.69) is 52.2 Å². The molecule has 0 bridgehead atoms. The maximum Gasteiger partial charge on any atom is 0.253 e. The summed E-state index contributed by atoms with van der Waals surface area (Å²) in [6.07, 6.45) is 8.82. The summed E-state index contributed by atoms with van der Waals surface area (Å²) in [6.45, 7) is 13.7. The van der Waals surface area contributed by atoms with Gasteiger partial charge >= 0.3 is 0 Å². The molecule has 2 rings (SSSR count). The molecule has 0 spiro atoms. The Kier molecular flexibility index (Phi) is 12.5. The van der Waals surface area contributed by atoms with Crippen molar-refractivity contribution in [3.05, 3.63) is 0 Å². The molecule has 2 aliphatic carbocycles. The van der Waals surface area contributed by atoms with Gasteiger partial charge in [0.1, 0.15) is 0 Å². The molecule has 2 fully saturated rings. The van der Waals surface area contributed by atoms with Crippen molar-refractivity contribution in [3.63, 3.8) is 0 Å². The van der Waals surface area contributed by atoms with E-state index in [-0.39, 0.29) is 23.9 Å². The quantitative estimate of drug-likeness (QED) is 0.383. The first-order valence-corrected chi connectivity index (χ1v) is 13.5. The minimum Gasteiger partial charge on any atom is -0.351 e. The minimum atomic E-state index is -0.944. The number of alkyl halides is 4. The molecule has 188 valence electrons. The summed E-state index contributed by atoms with van der Waals surface area (Å²) >= 11 is 22.0. The smallest absolute Gasteiger partial charge is 0.253 e. The molecule has 8 heteroatoms. The molecule has 2 N–H and O–H groups in total. The molecule has 0 radical (unpaired) electrons. The molecular formula is C24H42Cl4N2O2. The second-order valence-corrected chi connectivity index (χ2v) is 13.6. The van der Waals surface area contributed by atoms with E-state index in [1.165, 1.54) is 25.7 Å². The Balaban J connectivity index is 0.000000320. The predicted molar refractivity (Wildman–Crippen MR) is 138 cm³/mol. The SMILES string of the molecule is CC(C)(C)C1CCC(NC(=O)C(Cl)Cl)CC1.CC(C)(C)C1CCC(NC(=O)C(Cl)Cl)CC1. The van der Waals surface area contributed by atoms with Gasteiger partial charge in [0.05, 0.1) is 0 Å². The first-order chi connectivity index (χ1) is 14.6. The number of halogens is 4. The van der Waals surface area contributed by atoms with Crippen LogP contribution in [0.15, 0.2) is 0 Å². The summed E-state index contributed by atoms with van der Waals surface area (Å²) < 4.78 is 0. The van der Waals surface area contributed by atoms with Gasteiger partial charge in [-0.15, -0.1) is 0 Å². The predicted octanol–water partition coefficient (Wildman–Crippen LogP) is 7.02. The van der Waals surface area contributed by atoms with Crippen LogP contribution in [0.1, 0.15) is 92.9 Å². The van der Waals surface area contributed by atoms with Crippen LogP contribution in [0.3, 0.4) is 0 Å². The fraction of sp³-hybridized carbons (Fsp3) is 0.917. The zero-order valence-electron chi connectivity index (χ0n) is 20.4.